The first-order valence-corrected chi connectivity index (χ1v) is 6.47. The molecule has 1 N–H and O–H groups in total. The van der Waals surface area contributed by atoms with E-state index < -0.39 is 0 Å². The summed E-state index contributed by atoms with van der Waals surface area (Å²) in [6.45, 7) is 4.18. The van der Waals surface area contributed by atoms with Crippen molar-refractivity contribution in [3.05, 3.63) is 58.9 Å². The molecule has 0 saturated carbocycles. The highest BCUT2D eigenvalue weighted by Crippen LogP contribution is 2.24. The molecule has 0 spiro atoms. The minimum absolute atomic E-state index is 0.183. The van der Waals surface area contributed by atoms with E-state index in [1.807, 2.05) is 24.3 Å². The fourth-order valence-electron chi connectivity index (χ4n) is 1.85. The second-order valence-electron chi connectivity index (χ2n) is 4.56. The molecule has 0 atom stereocenters. The maximum absolute atomic E-state index is 12.1. The predicted octanol–water partition coefficient (Wildman–Crippen LogP) is 4.11. The van der Waals surface area contributed by atoms with Crippen LogP contribution in [0, 0.1) is 0 Å². The maximum Gasteiger partial charge on any atom is 0.255 e. The van der Waals surface area contributed by atoms with Crippen LogP contribution < -0.4 is 5.32 Å². The minimum Gasteiger partial charge on any atom is -0.322 e. The number of halogens is 1. The van der Waals surface area contributed by atoms with E-state index in [0.29, 0.717) is 16.6 Å². The summed E-state index contributed by atoms with van der Waals surface area (Å²) in [4.78, 5) is 16.0. The summed E-state index contributed by atoms with van der Waals surface area (Å²) in [6.07, 6.45) is 1.52. The van der Waals surface area contributed by atoms with Gasteiger partial charge in [0.05, 0.1) is 0 Å². The molecule has 1 amide bonds. The first-order valence-electron chi connectivity index (χ1n) is 6.09. The van der Waals surface area contributed by atoms with Crippen molar-refractivity contribution < 1.29 is 4.79 Å². The van der Waals surface area contributed by atoms with Crippen LogP contribution in [-0.2, 0) is 0 Å². The Kier molecular flexibility index (Phi) is 4.17. The van der Waals surface area contributed by atoms with Gasteiger partial charge in [-0.05, 0) is 29.7 Å². The van der Waals surface area contributed by atoms with Crippen LogP contribution in [-0.4, -0.2) is 10.9 Å². The Balaban J connectivity index is 2.24. The lowest BCUT2D eigenvalue weighted by atomic mass is 10.0. The summed E-state index contributed by atoms with van der Waals surface area (Å²) in [5.41, 5.74) is 2.44. The molecule has 2 rings (SSSR count). The smallest absolute Gasteiger partial charge is 0.255 e. The van der Waals surface area contributed by atoms with Crippen molar-refractivity contribution in [2.45, 2.75) is 19.8 Å². The molecule has 19 heavy (non-hydrogen) atoms. The summed E-state index contributed by atoms with van der Waals surface area (Å²) in [5.74, 6) is 0.162. The van der Waals surface area contributed by atoms with Crippen LogP contribution in [0.15, 0.2) is 42.6 Å². The second-order valence-corrected chi connectivity index (χ2v) is 4.95. The number of aromatic nitrogens is 1. The van der Waals surface area contributed by atoms with E-state index >= 15 is 0 Å². The number of carbonyl (C=O) groups is 1. The minimum atomic E-state index is -0.183. The molecule has 2 aromatic rings. The number of nitrogens with one attached hydrogen (secondary N) is 1. The van der Waals surface area contributed by atoms with Crippen molar-refractivity contribution in [3.63, 3.8) is 0 Å². The summed E-state index contributed by atoms with van der Waals surface area (Å²) in [6, 6.07) is 11.0. The quantitative estimate of drug-likeness (QED) is 0.856. The Morgan fingerprint density at radius 3 is 2.68 bits per heavy atom. The molecule has 0 unspecified atom stereocenters. The van der Waals surface area contributed by atoms with Crippen LogP contribution >= 0.6 is 11.6 Å². The van der Waals surface area contributed by atoms with Gasteiger partial charge in [0.25, 0.3) is 5.91 Å². The highest BCUT2D eigenvalue weighted by atomic mass is 35.5. The van der Waals surface area contributed by atoms with Crippen molar-refractivity contribution in [2.24, 2.45) is 0 Å². The zero-order valence-corrected chi connectivity index (χ0v) is 11.6. The van der Waals surface area contributed by atoms with Crippen molar-refractivity contribution in [2.75, 3.05) is 5.32 Å². The first-order chi connectivity index (χ1) is 9.08. The Labute approximate surface area is 117 Å². The fourth-order valence-corrected chi connectivity index (χ4v) is 2.03. The van der Waals surface area contributed by atoms with E-state index in [4.69, 9.17) is 11.6 Å². The number of hydrogen-bond donors (Lipinski definition) is 1. The van der Waals surface area contributed by atoms with Crippen molar-refractivity contribution in [3.8, 4) is 0 Å². The lowest BCUT2D eigenvalue weighted by Gasteiger charge is -2.13. The standard InChI is InChI=1S/C15H15ClN2O/c1-10(2)12-5-3-4-6-13(12)18-15(19)11-7-8-17-14(16)9-11/h3-10H,1-2H3,(H,18,19). The fraction of sp³-hybridized carbons (Fsp3) is 0.200. The van der Waals surface area contributed by atoms with Crippen LogP contribution in [0.1, 0.15) is 35.7 Å². The molecule has 98 valence electrons. The third-order valence-corrected chi connectivity index (χ3v) is 3.03. The molecule has 1 heterocycles. The van der Waals surface area contributed by atoms with Crippen molar-refractivity contribution in [1.29, 1.82) is 0 Å². The van der Waals surface area contributed by atoms with Gasteiger partial charge in [0.15, 0.2) is 0 Å². The molecule has 0 aliphatic carbocycles. The van der Waals surface area contributed by atoms with Gasteiger partial charge in [0.1, 0.15) is 5.15 Å². The topological polar surface area (TPSA) is 42.0 Å². The lowest BCUT2D eigenvalue weighted by Crippen LogP contribution is -2.13. The monoisotopic (exact) mass is 274 g/mol. The third-order valence-electron chi connectivity index (χ3n) is 2.82. The Bertz CT molecular complexity index is 596. The molecule has 0 bridgehead atoms. The Morgan fingerprint density at radius 1 is 1.26 bits per heavy atom. The number of nitrogens with zero attached hydrogens (tertiary/aromatic N) is 1. The highest BCUT2D eigenvalue weighted by Gasteiger charge is 2.11. The van der Waals surface area contributed by atoms with E-state index in [-0.39, 0.29) is 5.91 Å². The molecule has 0 radical (unpaired) electrons. The number of hydrogen-bond acceptors (Lipinski definition) is 2. The van der Waals surface area contributed by atoms with Crippen LogP contribution in [0.2, 0.25) is 5.15 Å². The average Bonchev–Trinajstić information content (AvgIpc) is 2.39. The number of pyridine rings is 1. The second kappa shape index (κ2) is 5.85. The molecular formula is C15H15ClN2O. The molecule has 4 heteroatoms. The lowest BCUT2D eigenvalue weighted by molar-refractivity contribution is 0.102. The van der Waals surface area contributed by atoms with Crippen molar-refractivity contribution >= 4 is 23.2 Å². The van der Waals surface area contributed by atoms with E-state index in [0.717, 1.165) is 11.3 Å². The molecule has 0 aliphatic heterocycles. The number of benzene rings is 1. The molecule has 0 fully saturated rings. The summed E-state index contributed by atoms with van der Waals surface area (Å²) >= 11 is 5.78. The van der Waals surface area contributed by atoms with E-state index in [1.54, 1.807) is 12.1 Å². The zero-order chi connectivity index (χ0) is 13.8. The first kappa shape index (κ1) is 13.6. The van der Waals surface area contributed by atoms with Gasteiger partial charge in [0.2, 0.25) is 0 Å². The van der Waals surface area contributed by atoms with Gasteiger partial charge in [-0.1, -0.05) is 43.6 Å². The van der Waals surface area contributed by atoms with E-state index in [2.05, 4.69) is 24.1 Å². The van der Waals surface area contributed by atoms with Gasteiger partial charge in [0, 0.05) is 17.4 Å². The van der Waals surface area contributed by atoms with Crippen LogP contribution in [0.3, 0.4) is 0 Å². The number of amides is 1. The van der Waals surface area contributed by atoms with Gasteiger partial charge in [-0.15, -0.1) is 0 Å². The third kappa shape index (κ3) is 3.32. The molecule has 0 saturated heterocycles. The average molecular weight is 275 g/mol. The normalized spacial score (nSPS) is 10.5. The van der Waals surface area contributed by atoms with E-state index in [9.17, 15) is 4.79 Å². The van der Waals surface area contributed by atoms with Gasteiger partial charge >= 0.3 is 0 Å². The van der Waals surface area contributed by atoms with Crippen LogP contribution in [0.5, 0.6) is 0 Å². The molecule has 1 aromatic carbocycles. The van der Waals surface area contributed by atoms with Crippen LogP contribution in [0.25, 0.3) is 0 Å². The molecule has 1 aromatic heterocycles. The zero-order valence-electron chi connectivity index (χ0n) is 10.9. The predicted molar refractivity (Wildman–Crippen MR) is 77.7 cm³/mol. The Morgan fingerprint density at radius 2 is 2.00 bits per heavy atom. The summed E-state index contributed by atoms with van der Waals surface area (Å²) in [5, 5.41) is 3.22. The maximum atomic E-state index is 12.1. The van der Waals surface area contributed by atoms with Crippen molar-refractivity contribution in [1.82, 2.24) is 4.98 Å². The Hall–Kier alpha value is -1.87. The van der Waals surface area contributed by atoms with Gasteiger partial charge < -0.3 is 5.32 Å². The van der Waals surface area contributed by atoms with E-state index in [1.165, 1.54) is 6.20 Å². The number of rotatable bonds is 3. The van der Waals surface area contributed by atoms with Gasteiger partial charge in [-0.25, -0.2) is 4.98 Å². The highest BCUT2D eigenvalue weighted by molar-refractivity contribution is 6.29. The molecule has 3 nitrogen and oxygen atoms in total. The molecule has 0 aliphatic rings. The van der Waals surface area contributed by atoms with Gasteiger partial charge in [-0.2, -0.15) is 0 Å². The number of para-hydroxylation sites is 1. The van der Waals surface area contributed by atoms with Crippen LogP contribution in [0.4, 0.5) is 5.69 Å². The SMILES string of the molecule is CC(C)c1ccccc1NC(=O)c1ccnc(Cl)c1. The van der Waals surface area contributed by atoms with Gasteiger partial charge in [-0.3, -0.25) is 4.79 Å². The number of carbonyl (C=O) groups excluding carboxylic acids is 1. The summed E-state index contributed by atoms with van der Waals surface area (Å²) in [7, 11) is 0. The molecular weight excluding hydrogens is 260 g/mol. The summed E-state index contributed by atoms with van der Waals surface area (Å²) < 4.78 is 0. The number of anilines is 1. The largest absolute Gasteiger partial charge is 0.322 e.